The first-order chi connectivity index (χ1) is 12.1. The number of benzene rings is 3. The van der Waals surface area contributed by atoms with Crippen molar-refractivity contribution in [3.05, 3.63) is 101 Å². The summed E-state index contributed by atoms with van der Waals surface area (Å²) in [5, 5.41) is 9.76. The molecule has 2 heteroatoms. The van der Waals surface area contributed by atoms with Gasteiger partial charge in [-0.05, 0) is 47.7 Å². The lowest BCUT2D eigenvalue weighted by Crippen LogP contribution is -2.19. The van der Waals surface area contributed by atoms with Crippen LogP contribution in [0.15, 0.2) is 78.9 Å². The summed E-state index contributed by atoms with van der Waals surface area (Å²) in [5.41, 5.74) is 3.49. The van der Waals surface area contributed by atoms with Gasteiger partial charge in [0.1, 0.15) is 5.75 Å². The van der Waals surface area contributed by atoms with E-state index in [1.807, 2.05) is 55.5 Å². The SMILES string of the molecule is Cc1cc(C(=O)C(c2ccccc2)C(C)c2ccccc2)ccc1O. The summed E-state index contributed by atoms with van der Waals surface area (Å²) >= 11 is 0. The highest BCUT2D eigenvalue weighted by Gasteiger charge is 2.29. The van der Waals surface area contributed by atoms with Crippen LogP contribution in [0.25, 0.3) is 0 Å². The van der Waals surface area contributed by atoms with Crippen LogP contribution in [0.4, 0.5) is 0 Å². The van der Waals surface area contributed by atoms with Crippen LogP contribution in [-0.4, -0.2) is 10.9 Å². The van der Waals surface area contributed by atoms with E-state index >= 15 is 0 Å². The average Bonchev–Trinajstić information content (AvgIpc) is 2.65. The average molecular weight is 330 g/mol. The van der Waals surface area contributed by atoms with Crippen LogP contribution in [0.5, 0.6) is 5.75 Å². The van der Waals surface area contributed by atoms with Crippen molar-refractivity contribution >= 4 is 5.78 Å². The molecular formula is C23H22O2. The van der Waals surface area contributed by atoms with E-state index in [0.717, 1.165) is 11.1 Å². The fourth-order valence-electron chi connectivity index (χ4n) is 3.26. The second kappa shape index (κ2) is 7.35. The molecule has 0 aromatic heterocycles. The molecule has 0 aliphatic rings. The molecule has 0 aliphatic carbocycles. The zero-order valence-corrected chi connectivity index (χ0v) is 14.5. The topological polar surface area (TPSA) is 37.3 Å². The molecule has 2 nitrogen and oxygen atoms in total. The highest BCUT2D eigenvalue weighted by Crippen LogP contribution is 2.36. The third kappa shape index (κ3) is 3.63. The minimum Gasteiger partial charge on any atom is -0.508 e. The van der Waals surface area contributed by atoms with Gasteiger partial charge in [0.05, 0.1) is 5.92 Å². The Bertz CT molecular complexity index is 854. The molecule has 2 atom stereocenters. The van der Waals surface area contributed by atoms with Crippen LogP contribution in [0.1, 0.15) is 45.8 Å². The molecule has 3 aromatic rings. The van der Waals surface area contributed by atoms with Gasteiger partial charge in [0.2, 0.25) is 0 Å². The second-order valence-corrected chi connectivity index (χ2v) is 6.45. The molecule has 0 heterocycles. The van der Waals surface area contributed by atoms with Crippen molar-refractivity contribution in [2.45, 2.75) is 25.7 Å². The maximum absolute atomic E-state index is 13.3. The molecule has 1 N–H and O–H groups in total. The molecular weight excluding hydrogens is 308 g/mol. The van der Waals surface area contributed by atoms with Crippen molar-refractivity contribution in [3.8, 4) is 5.75 Å². The van der Waals surface area contributed by atoms with Gasteiger partial charge >= 0.3 is 0 Å². The van der Waals surface area contributed by atoms with E-state index in [2.05, 4.69) is 19.1 Å². The number of carbonyl (C=O) groups excluding carboxylic acids is 1. The van der Waals surface area contributed by atoms with Crippen molar-refractivity contribution in [3.63, 3.8) is 0 Å². The monoisotopic (exact) mass is 330 g/mol. The zero-order valence-electron chi connectivity index (χ0n) is 14.5. The number of hydrogen-bond donors (Lipinski definition) is 1. The number of hydrogen-bond acceptors (Lipinski definition) is 2. The van der Waals surface area contributed by atoms with Gasteiger partial charge in [0, 0.05) is 5.56 Å². The number of phenolic OH excluding ortho intramolecular Hbond substituents is 1. The lowest BCUT2D eigenvalue weighted by atomic mass is 9.78. The third-order valence-electron chi connectivity index (χ3n) is 4.75. The van der Waals surface area contributed by atoms with E-state index in [4.69, 9.17) is 0 Å². The molecule has 0 aliphatic heterocycles. The summed E-state index contributed by atoms with van der Waals surface area (Å²) in [4.78, 5) is 13.3. The Morgan fingerprint density at radius 2 is 1.40 bits per heavy atom. The maximum atomic E-state index is 13.3. The van der Waals surface area contributed by atoms with Crippen LogP contribution < -0.4 is 0 Å². The summed E-state index contributed by atoms with van der Waals surface area (Å²) < 4.78 is 0. The van der Waals surface area contributed by atoms with E-state index < -0.39 is 0 Å². The molecule has 0 fully saturated rings. The van der Waals surface area contributed by atoms with Crippen molar-refractivity contribution in [2.24, 2.45) is 0 Å². The summed E-state index contributed by atoms with van der Waals surface area (Å²) in [6.45, 7) is 3.91. The first kappa shape index (κ1) is 17.0. The summed E-state index contributed by atoms with van der Waals surface area (Å²) in [6.07, 6.45) is 0. The Morgan fingerprint density at radius 3 is 1.96 bits per heavy atom. The van der Waals surface area contributed by atoms with Gasteiger partial charge in [-0.3, -0.25) is 4.79 Å². The fourth-order valence-corrected chi connectivity index (χ4v) is 3.26. The smallest absolute Gasteiger partial charge is 0.170 e. The highest BCUT2D eigenvalue weighted by molar-refractivity contribution is 6.02. The normalized spacial score (nSPS) is 13.2. The minimum absolute atomic E-state index is 0.0465. The Morgan fingerprint density at radius 1 is 0.840 bits per heavy atom. The number of phenols is 1. The Labute approximate surface area is 148 Å². The van der Waals surface area contributed by atoms with E-state index in [0.29, 0.717) is 11.1 Å². The molecule has 3 aromatic carbocycles. The quantitative estimate of drug-likeness (QED) is 0.630. The molecule has 126 valence electrons. The van der Waals surface area contributed by atoms with Gasteiger partial charge in [-0.1, -0.05) is 67.6 Å². The van der Waals surface area contributed by atoms with Crippen LogP contribution >= 0.6 is 0 Å². The van der Waals surface area contributed by atoms with Crippen LogP contribution in [0.3, 0.4) is 0 Å². The van der Waals surface area contributed by atoms with Crippen molar-refractivity contribution in [1.29, 1.82) is 0 Å². The van der Waals surface area contributed by atoms with Gasteiger partial charge < -0.3 is 5.11 Å². The summed E-state index contributed by atoms with van der Waals surface area (Å²) in [5.74, 6) is 0.0623. The van der Waals surface area contributed by atoms with Gasteiger partial charge in [-0.25, -0.2) is 0 Å². The molecule has 2 unspecified atom stereocenters. The third-order valence-corrected chi connectivity index (χ3v) is 4.75. The number of carbonyl (C=O) groups is 1. The lowest BCUT2D eigenvalue weighted by molar-refractivity contribution is 0.0949. The minimum atomic E-state index is -0.271. The Hall–Kier alpha value is -2.87. The van der Waals surface area contributed by atoms with Gasteiger partial charge in [0.25, 0.3) is 0 Å². The molecule has 3 rings (SSSR count). The molecule has 0 saturated heterocycles. The fraction of sp³-hybridized carbons (Fsp3) is 0.174. The first-order valence-corrected chi connectivity index (χ1v) is 8.51. The van der Waals surface area contributed by atoms with E-state index in [1.165, 1.54) is 0 Å². The van der Waals surface area contributed by atoms with Crippen molar-refractivity contribution in [2.75, 3.05) is 0 Å². The predicted molar refractivity (Wildman–Crippen MR) is 101 cm³/mol. The van der Waals surface area contributed by atoms with Crippen LogP contribution in [-0.2, 0) is 0 Å². The molecule has 0 spiro atoms. The van der Waals surface area contributed by atoms with Crippen LogP contribution in [0.2, 0.25) is 0 Å². The summed E-state index contributed by atoms with van der Waals surface area (Å²) in [6, 6.07) is 25.1. The largest absolute Gasteiger partial charge is 0.508 e. The summed E-state index contributed by atoms with van der Waals surface area (Å²) in [7, 11) is 0. The Kier molecular flexibility index (Phi) is 4.99. The van der Waals surface area contributed by atoms with Gasteiger partial charge in [0.15, 0.2) is 5.78 Å². The van der Waals surface area contributed by atoms with E-state index in [-0.39, 0.29) is 23.4 Å². The number of Topliss-reactive ketones (excluding diaryl/α,β-unsaturated/α-hetero) is 1. The Balaban J connectivity index is 2.05. The van der Waals surface area contributed by atoms with Gasteiger partial charge in [-0.2, -0.15) is 0 Å². The molecule has 0 radical (unpaired) electrons. The van der Waals surface area contributed by atoms with Gasteiger partial charge in [-0.15, -0.1) is 0 Å². The van der Waals surface area contributed by atoms with E-state index in [1.54, 1.807) is 18.2 Å². The molecule has 0 amide bonds. The first-order valence-electron chi connectivity index (χ1n) is 8.51. The molecule has 0 saturated carbocycles. The van der Waals surface area contributed by atoms with E-state index in [9.17, 15) is 9.90 Å². The van der Waals surface area contributed by atoms with Crippen LogP contribution in [0, 0.1) is 6.92 Å². The zero-order chi connectivity index (χ0) is 17.8. The second-order valence-electron chi connectivity index (χ2n) is 6.45. The number of aryl methyl sites for hydroxylation is 1. The van der Waals surface area contributed by atoms with Crippen molar-refractivity contribution in [1.82, 2.24) is 0 Å². The number of ketones is 1. The van der Waals surface area contributed by atoms with Crippen molar-refractivity contribution < 1.29 is 9.90 Å². The number of aromatic hydroxyl groups is 1. The lowest BCUT2D eigenvalue weighted by Gasteiger charge is -2.24. The molecule has 25 heavy (non-hydrogen) atoms. The number of rotatable bonds is 5. The standard InChI is InChI=1S/C23H22O2/c1-16-15-20(13-14-21(16)24)23(25)22(19-11-7-4-8-12-19)17(2)18-9-5-3-6-10-18/h3-15,17,22,24H,1-2H3. The predicted octanol–water partition coefficient (Wildman–Crippen LogP) is 5.47. The molecule has 0 bridgehead atoms. The highest BCUT2D eigenvalue weighted by atomic mass is 16.3. The maximum Gasteiger partial charge on any atom is 0.170 e.